The number of carbonyl (C=O) groups is 4. The molecule has 2 aromatic rings. The summed E-state index contributed by atoms with van der Waals surface area (Å²) < 4.78 is 46.0. The molecule has 57 heavy (non-hydrogen) atoms. The first kappa shape index (κ1) is 42.9. The van der Waals surface area contributed by atoms with Gasteiger partial charge in [0.2, 0.25) is 33.6 Å². The van der Waals surface area contributed by atoms with E-state index in [1.165, 1.54) is 4.90 Å². The van der Waals surface area contributed by atoms with Crippen LogP contribution in [0.25, 0.3) is 10.8 Å². The number of Topliss-reactive ketones (excluding diaryl/α,β-unsaturated/α-hetero) is 1. The number of amides is 2. The molecule has 12 nitrogen and oxygen atoms in total. The first-order valence-electron chi connectivity index (χ1n) is 20.4. The summed E-state index contributed by atoms with van der Waals surface area (Å²) in [6, 6.07) is 6.12. The Labute approximate surface area is 341 Å². The van der Waals surface area contributed by atoms with Crippen LogP contribution in [0.2, 0.25) is 5.02 Å². The van der Waals surface area contributed by atoms with Crippen LogP contribution in [0.15, 0.2) is 36.4 Å². The van der Waals surface area contributed by atoms with Gasteiger partial charge in [0.15, 0.2) is 5.78 Å². The molecule has 2 saturated carbocycles. The zero-order chi connectivity index (χ0) is 41.5. The highest BCUT2D eigenvalue weighted by atomic mass is 35.5. The van der Waals surface area contributed by atoms with Gasteiger partial charge in [-0.3, -0.25) is 23.9 Å². The molecule has 0 unspecified atom stereocenters. The van der Waals surface area contributed by atoms with Crippen LogP contribution in [0.3, 0.4) is 0 Å². The van der Waals surface area contributed by atoms with E-state index in [2.05, 4.69) is 16.6 Å². The first-order chi connectivity index (χ1) is 26.8. The number of esters is 1. The van der Waals surface area contributed by atoms with Crippen molar-refractivity contribution < 1.29 is 41.8 Å². The Balaban J connectivity index is 1.37. The van der Waals surface area contributed by atoms with Crippen molar-refractivity contribution in [3.8, 4) is 11.8 Å². The number of pyridine rings is 1. The van der Waals surface area contributed by atoms with E-state index in [0.717, 1.165) is 12.8 Å². The Morgan fingerprint density at radius 1 is 1.11 bits per heavy atom. The summed E-state index contributed by atoms with van der Waals surface area (Å²) in [6.07, 6.45) is 7.06. The number of hydrogen-bond donors (Lipinski definition) is 1. The van der Waals surface area contributed by atoms with Gasteiger partial charge in [-0.1, -0.05) is 50.6 Å². The Hall–Kier alpha value is -3.71. The van der Waals surface area contributed by atoms with Gasteiger partial charge < -0.3 is 19.1 Å². The summed E-state index contributed by atoms with van der Waals surface area (Å²) in [6.45, 7) is 13.4. The highest BCUT2D eigenvalue weighted by Gasteiger charge is 2.62. The van der Waals surface area contributed by atoms with Gasteiger partial charge in [-0.25, -0.2) is 8.42 Å². The van der Waals surface area contributed by atoms with Crippen LogP contribution >= 0.6 is 11.6 Å². The van der Waals surface area contributed by atoms with Crippen molar-refractivity contribution >= 4 is 56.0 Å². The van der Waals surface area contributed by atoms with Crippen LogP contribution in [0, 0.1) is 29.1 Å². The fraction of sp³-hybridized carbons (Fsp3) is 0.651. The lowest BCUT2D eigenvalue weighted by atomic mass is 9.82. The molecule has 1 saturated heterocycles. The fourth-order valence-corrected chi connectivity index (χ4v) is 9.92. The SMILES string of the molecule is CCCOc1cc2c(Cl)cccc2c(O[C@@H]2C[C@H]3C(=O)C[C@]4(C(=O)NS(=O)(=O)C5(C)CC5)C[C@H]4/C=C\CC[C@H](C)C[C@@H](C)[C@H](CC(=O)OC(C)(C)C)C(=O)N3C2)n1. The maximum Gasteiger partial charge on any atom is 0.307 e. The van der Waals surface area contributed by atoms with E-state index < -0.39 is 55.7 Å². The maximum absolute atomic E-state index is 15.0. The molecule has 0 radical (unpaired) electrons. The van der Waals surface area contributed by atoms with Gasteiger partial charge in [0.1, 0.15) is 11.7 Å². The number of aromatic nitrogens is 1. The molecule has 2 aliphatic heterocycles. The number of nitrogens with zero attached hydrogens (tertiary/aromatic N) is 2. The number of nitrogens with one attached hydrogen (secondary N) is 1. The third-order valence-electron chi connectivity index (χ3n) is 12.1. The minimum atomic E-state index is -3.97. The Morgan fingerprint density at radius 3 is 2.53 bits per heavy atom. The normalized spacial score (nSPS) is 29.6. The molecule has 14 heteroatoms. The van der Waals surface area contributed by atoms with E-state index in [1.807, 2.05) is 32.1 Å². The van der Waals surface area contributed by atoms with Crippen molar-refractivity contribution in [3.05, 3.63) is 41.4 Å². The van der Waals surface area contributed by atoms with E-state index in [4.69, 9.17) is 25.8 Å². The summed E-state index contributed by atoms with van der Waals surface area (Å²) >= 11 is 6.61. The van der Waals surface area contributed by atoms with E-state index in [-0.39, 0.29) is 61.1 Å². The first-order valence-corrected chi connectivity index (χ1v) is 22.3. The second-order valence-electron chi connectivity index (χ2n) is 18.1. The smallest absolute Gasteiger partial charge is 0.307 e. The van der Waals surface area contributed by atoms with Crippen LogP contribution in [0.1, 0.15) is 113 Å². The average Bonchev–Trinajstić information content (AvgIpc) is 4.00. The predicted molar refractivity (Wildman–Crippen MR) is 217 cm³/mol. The molecule has 1 aromatic carbocycles. The lowest BCUT2D eigenvalue weighted by Gasteiger charge is -2.32. The quantitative estimate of drug-likeness (QED) is 0.190. The van der Waals surface area contributed by atoms with E-state index in [1.54, 1.807) is 45.9 Å². The van der Waals surface area contributed by atoms with Crippen LogP contribution in [-0.2, 0) is 33.9 Å². The molecular formula is C43H58ClN3O9S. The second-order valence-corrected chi connectivity index (χ2v) is 20.7. The van der Waals surface area contributed by atoms with Crippen molar-refractivity contribution in [1.29, 1.82) is 0 Å². The van der Waals surface area contributed by atoms with Gasteiger partial charge in [-0.05, 0) is 103 Å². The molecule has 0 spiro atoms. The number of allylic oxidation sites excluding steroid dienone is 2. The molecule has 0 bridgehead atoms. The van der Waals surface area contributed by atoms with Crippen LogP contribution in [0.4, 0.5) is 0 Å². The third-order valence-corrected chi connectivity index (χ3v) is 14.6. The highest BCUT2D eigenvalue weighted by molar-refractivity contribution is 7.91. The predicted octanol–water partition coefficient (Wildman–Crippen LogP) is 7.35. The standard InChI is InChI=1S/C43H58ClN3O9S/c1-8-18-54-36-21-32-30(14-11-15-33(32)44)38(45-36)55-29-20-34-35(48)24-43(40(51)46-57(52,53)42(7)16-17-42)23-28(43)13-10-9-12-26(2)19-27(3)31(39(50)47(34)25-29)22-37(49)56-41(4,5)6/h10-11,13-15,21,26-29,31,34H,8-9,12,16-20,22-25H2,1-7H3,(H,46,51)/b13-10-/t26-,27+,28+,29+,31-,34-,43+/m0/s1. The van der Waals surface area contributed by atoms with Crippen molar-refractivity contribution in [3.63, 3.8) is 0 Å². The summed E-state index contributed by atoms with van der Waals surface area (Å²) in [5.41, 5.74) is -2.05. The molecule has 2 aliphatic carbocycles. The molecule has 7 atom stereocenters. The number of carbonyl (C=O) groups excluding carboxylic acids is 4. The topological polar surface area (TPSA) is 158 Å². The molecule has 3 heterocycles. The van der Waals surface area contributed by atoms with Crippen LogP contribution in [-0.4, -0.2) is 77.5 Å². The number of benzene rings is 1. The number of ether oxygens (including phenoxy) is 3. The zero-order valence-corrected chi connectivity index (χ0v) is 35.8. The molecule has 1 N–H and O–H groups in total. The van der Waals surface area contributed by atoms with Crippen molar-refractivity contribution in [2.45, 2.75) is 135 Å². The Morgan fingerprint density at radius 2 is 1.84 bits per heavy atom. The van der Waals surface area contributed by atoms with Gasteiger partial charge in [-0.2, -0.15) is 4.98 Å². The largest absolute Gasteiger partial charge is 0.478 e. The Bertz CT molecular complexity index is 2030. The van der Waals surface area contributed by atoms with E-state index >= 15 is 0 Å². The molecule has 1 aromatic heterocycles. The highest BCUT2D eigenvalue weighted by Crippen LogP contribution is 2.58. The van der Waals surface area contributed by atoms with Gasteiger partial charge in [0, 0.05) is 34.7 Å². The molecule has 6 rings (SSSR count). The second kappa shape index (κ2) is 16.5. The molecule has 4 aliphatic rings. The summed E-state index contributed by atoms with van der Waals surface area (Å²) in [5, 5.41) is 1.78. The third kappa shape index (κ3) is 9.61. The zero-order valence-electron chi connectivity index (χ0n) is 34.3. The van der Waals surface area contributed by atoms with E-state index in [0.29, 0.717) is 60.4 Å². The van der Waals surface area contributed by atoms with Crippen LogP contribution in [0.5, 0.6) is 11.8 Å². The van der Waals surface area contributed by atoms with Crippen molar-refractivity contribution in [2.75, 3.05) is 13.2 Å². The lowest BCUT2D eigenvalue weighted by molar-refractivity contribution is -0.160. The summed E-state index contributed by atoms with van der Waals surface area (Å²) in [7, 11) is -3.97. The molecule has 312 valence electrons. The Kier molecular flexibility index (Phi) is 12.4. The molecule has 2 amide bonds. The number of hydrogen-bond acceptors (Lipinski definition) is 10. The molecule has 3 fully saturated rings. The number of fused-ring (bicyclic) bond motifs is 3. The van der Waals surface area contributed by atoms with Gasteiger partial charge in [0.25, 0.3) is 0 Å². The minimum absolute atomic E-state index is 0.0153. The van der Waals surface area contributed by atoms with Gasteiger partial charge >= 0.3 is 5.97 Å². The van der Waals surface area contributed by atoms with Crippen molar-refractivity contribution in [2.24, 2.45) is 29.1 Å². The van der Waals surface area contributed by atoms with Crippen LogP contribution < -0.4 is 14.2 Å². The fourth-order valence-electron chi connectivity index (χ4n) is 8.36. The summed E-state index contributed by atoms with van der Waals surface area (Å²) in [4.78, 5) is 63.3. The lowest BCUT2D eigenvalue weighted by Crippen LogP contribution is -2.48. The summed E-state index contributed by atoms with van der Waals surface area (Å²) in [5.74, 6) is -2.54. The monoisotopic (exact) mass is 827 g/mol. The number of halogens is 1. The van der Waals surface area contributed by atoms with Gasteiger partial charge in [-0.15, -0.1) is 0 Å². The average molecular weight is 828 g/mol. The van der Waals surface area contributed by atoms with Crippen molar-refractivity contribution in [1.82, 2.24) is 14.6 Å². The number of rotatable bonds is 10. The van der Waals surface area contributed by atoms with E-state index in [9.17, 15) is 27.6 Å². The minimum Gasteiger partial charge on any atom is -0.478 e. The van der Waals surface area contributed by atoms with Gasteiger partial charge in [0.05, 0.1) is 41.7 Å². The number of ketones is 1. The molecular weight excluding hydrogens is 770 g/mol. The number of sulfonamides is 1. The maximum atomic E-state index is 15.0.